The Morgan fingerprint density at radius 1 is 1.07 bits per heavy atom. The first-order valence-electron chi connectivity index (χ1n) is 8.78. The maximum absolute atomic E-state index is 10.2. The maximum Gasteiger partial charge on any atom is 0.233 e. The third-order valence-electron chi connectivity index (χ3n) is 5.12. The molecule has 2 unspecified atom stereocenters. The second kappa shape index (κ2) is 7.69. The Morgan fingerprint density at radius 2 is 1.83 bits per heavy atom. The van der Waals surface area contributed by atoms with E-state index in [4.69, 9.17) is 14.2 Å². The van der Waals surface area contributed by atoms with Crippen LogP contribution in [0, 0.1) is 11.3 Å². The fourth-order valence-electron chi connectivity index (χ4n) is 3.78. The highest BCUT2D eigenvalue weighted by atomic mass is 79.9. The summed E-state index contributed by atoms with van der Waals surface area (Å²) in [6, 6.07) is 20.0. The van der Waals surface area contributed by atoms with E-state index in [-0.39, 0.29) is 5.90 Å². The zero-order valence-electron chi connectivity index (χ0n) is 15.6. The monoisotopic (exact) mass is 514 g/mol. The van der Waals surface area contributed by atoms with Gasteiger partial charge in [0.2, 0.25) is 5.90 Å². The third kappa shape index (κ3) is 3.07. The highest BCUT2D eigenvalue weighted by Gasteiger charge is 2.51. The highest BCUT2D eigenvalue weighted by molar-refractivity contribution is 9.10. The van der Waals surface area contributed by atoms with Gasteiger partial charge in [-0.1, -0.05) is 52.3 Å². The molecule has 3 aromatic rings. The molecule has 0 radical (unpaired) electrons. The molecule has 0 amide bonds. The topological polar surface area (TPSA) is 63.8 Å². The summed E-state index contributed by atoms with van der Waals surface area (Å²) < 4.78 is 19.8. The lowest BCUT2D eigenvalue weighted by atomic mass is 9.77. The average Bonchev–Trinajstić information content (AvgIpc) is 2.77. The Balaban J connectivity index is 2.07. The number of methoxy groups -OCH3 is 2. The molecule has 7 heteroatoms. The molecule has 0 fully saturated rings. The molecular weight excluding hydrogens is 500 g/mol. The van der Waals surface area contributed by atoms with Gasteiger partial charge in [-0.05, 0) is 34.5 Å². The summed E-state index contributed by atoms with van der Waals surface area (Å²) >= 11 is 6.76. The molecule has 1 aliphatic heterocycles. The molecule has 5 nitrogen and oxygen atoms in total. The van der Waals surface area contributed by atoms with Crippen LogP contribution in [-0.2, 0) is 0 Å². The van der Waals surface area contributed by atoms with Crippen molar-refractivity contribution in [3.8, 4) is 23.3 Å². The van der Waals surface area contributed by atoms with Gasteiger partial charge in [0.05, 0.1) is 42.4 Å². The molecule has 3 aromatic carbocycles. The maximum atomic E-state index is 10.2. The van der Waals surface area contributed by atoms with E-state index in [1.807, 2.05) is 54.6 Å². The number of hydrogen-bond donors (Lipinski definition) is 0. The number of halogens is 2. The Bertz CT molecular complexity index is 1170. The van der Waals surface area contributed by atoms with Crippen LogP contribution in [0.4, 0.5) is 0 Å². The van der Waals surface area contributed by atoms with Gasteiger partial charge in [-0.25, -0.2) is 0 Å². The molecule has 1 heterocycles. The van der Waals surface area contributed by atoms with E-state index in [0.29, 0.717) is 17.2 Å². The van der Waals surface area contributed by atoms with Gasteiger partial charge in [0.1, 0.15) is 5.75 Å². The molecule has 0 N–H and O–H groups in total. The normalized spacial score (nSPS) is 21.9. The molecule has 4 rings (SSSR count). The lowest BCUT2D eigenvalue weighted by molar-refractivity contribution is 0.354. The van der Waals surface area contributed by atoms with Crippen molar-refractivity contribution >= 4 is 48.7 Å². The van der Waals surface area contributed by atoms with E-state index in [0.717, 1.165) is 21.9 Å². The molecule has 0 aliphatic carbocycles. The van der Waals surface area contributed by atoms with Crippen LogP contribution >= 0.6 is 32.1 Å². The third-order valence-corrected chi connectivity index (χ3v) is 6.41. The summed E-state index contributed by atoms with van der Waals surface area (Å²) in [5, 5.41) is 12.2. The molecule has 0 spiro atoms. The fourth-order valence-corrected chi connectivity index (χ4v) is 5.04. The quantitative estimate of drug-likeness (QED) is 0.417. The Labute approximate surface area is 185 Å². The minimum Gasteiger partial charge on any atom is -0.493 e. The summed E-state index contributed by atoms with van der Waals surface area (Å²) in [7, 11) is 3.18. The number of benzene rings is 3. The van der Waals surface area contributed by atoms with Crippen LogP contribution in [0.3, 0.4) is 0 Å². The van der Waals surface area contributed by atoms with Gasteiger partial charge in [-0.15, -0.1) is 0 Å². The van der Waals surface area contributed by atoms with E-state index < -0.39 is 10.2 Å². The van der Waals surface area contributed by atoms with Crippen molar-refractivity contribution in [1.29, 1.82) is 5.26 Å². The van der Waals surface area contributed by atoms with Crippen molar-refractivity contribution in [2.24, 2.45) is 4.02 Å². The van der Waals surface area contributed by atoms with Crippen LogP contribution in [0.1, 0.15) is 17.0 Å². The summed E-state index contributed by atoms with van der Waals surface area (Å²) in [6.07, 6.45) is 0. The highest BCUT2D eigenvalue weighted by Crippen LogP contribution is 2.52. The predicted octanol–water partition coefficient (Wildman–Crippen LogP) is 5.75. The summed E-state index contributed by atoms with van der Waals surface area (Å²) in [5.74, 6) is 1.70. The molecule has 0 bridgehead atoms. The number of alkyl halides is 1. The van der Waals surface area contributed by atoms with E-state index in [9.17, 15) is 5.26 Å². The first-order valence-corrected chi connectivity index (χ1v) is 10.3. The minimum atomic E-state index is -1.22. The van der Waals surface area contributed by atoms with Gasteiger partial charge < -0.3 is 14.2 Å². The van der Waals surface area contributed by atoms with Crippen LogP contribution < -0.4 is 14.2 Å². The summed E-state index contributed by atoms with van der Waals surface area (Å²) in [5.41, 5.74) is 1.78. The average molecular weight is 516 g/mol. The molecule has 0 saturated heterocycles. The van der Waals surface area contributed by atoms with Crippen LogP contribution in [0.25, 0.3) is 10.8 Å². The Morgan fingerprint density at radius 3 is 2.52 bits per heavy atom. The zero-order valence-corrected chi connectivity index (χ0v) is 18.8. The summed E-state index contributed by atoms with van der Waals surface area (Å²) in [6.45, 7) is 0. The molecule has 29 heavy (non-hydrogen) atoms. The SMILES string of the molecule is COc1ccc(C2c3c(ccc4ccccc34)OC(=NBr)C2(Br)C#N)cc1OC. The predicted molar refractivity (Wildman–Crippen MR) is 120 cm³/mol. The second-order valence-electron chi connectivity index (χ2n) is 6.56. The van der Waals surface area contributed by atoms with Crippen molar-refractivity contribution < 1.29 is 14.2 Å². The van der Waals surface area contributed by atoms with E-state index >= 15 is 0 Å². The lowest BCUT2D eigenvalue weighted by Crippen LogP contribution is -2.44. The van der Waals surface area contributed by atoms with Crippen molar-refractivity contribution in [3.63, 3.8) is 0 Å². The van der Waals surface area contributed by atoms with Gasteiger partial charge in [0.25, 0.3) is 0 Å². The number of nitrogens with zero attached hydrogens (tertiary/aromatic N) is 2. The van der Waals surface area contributed by atoms with E-state index in [2.05, 4.69) is 42.2 Å². The van der Waals surface area contributed by atoms with E-state index in [1.165, 1.54) is 0 Å². The smallest absolute Gasteiger partial charge is 0.233 e. The standard InChI is InChI=1S/C22H16Br2N2O3/c1-27-16-9-8-14(11-18(16)28-2)20-19-15-6-4-3-5-13(15)7-10-17(19)29-21(26-24)22(20,23)12-25/h3-11,20H,1-2H3. The van der Waals surface area contributed by atoms with Crippen LogP contribution in [-0.4, -0.2) is 24.4 Å². The Kier molecular flexibility index (Phi) is 5.24. The number of nitriles is 1. The van der Waals surface area contributed by atoms with Crippen LogP contribution in [0.5, 0.6) is 17.2 Å². The number of fused-ring (bicyclic) bond motifs is 3. The van der Waals surface area contributed by atoms with Crippen molar-refractivity contribution in [2.45, 2.75) is 10.2 Å². The largest absolute Gasteiger partial charge is 0.493 e. The first-order chi connectivity index (χ1) is 14.1. The van der Waals surface area contributed by atoms with Crippen molar-refractivity contribution in [3.05, 3.63) is 65.7 Å². The van der Waals surface area contributed by atoms with Crippen LogP contribution in [0.15, 0.2) is 58.6 Å². The first kappa shape index (κ1) is 19.7. The lowest BCUT2D eigenvalue weighted by Gasteiger charge is -2.37. The van der Waals surface area contributed by atoms with Gasteiger partial charge >= 0.3 is 0 Å². The second-order valence-corrected chi connectivity index (χ2v) is 8.17. The zero-order chi connectivity index (χ0) is 20.6. The van der Waals surface area contributed by atoms with Crippen LogP contribution in [0.2, 0.25) is 0 Å². The van der Waals surface area contributed by atoms with Gasteiger partial charge in [-0.2, -0.15) is 9.28 Å². The fraction of sp³-hybridized carbons (Fsp3) is 0.182. The molecule has 0 aromatic heterocycles. The molecular formula is C22H16Br2N2O3. The summed E-state index contributed by atoms with van der Waals surface area (Å²) in [4.78, 5) is 0. The van der Waals surface area contributed by atoms with Gasteiger partial charge in [-0.3, -0.25) is 0 Å². The van der Waals surface area contributed by atoms with Gasteiger partial charge in [0, 0.05) is 5.56 Å². The van der Waals surface area contributed by atoms with Crippen molar-refractivity contribution in [2.75, 3.05) is 14.2 Å². The number of rotatable bonds is 3. The Hall–Kier alpha value is -2.56. The number of hydrogen-bond acceptors (Lipinski definition) is 5. The number of ether oxygens (including phenoxy) is 3. The molecule has 146 valence electrons. The molecule has 2 atom stereocenters. The molecule has 0 saturated carbocycles. The molecule has 1 aliphatic rings. The van der Waals surface area contributed by atoms with Crippen molar-refractivity contribution in [1.82, 2.24) is 0 Å². The van der Waals surface area contributed by atoms with Gasteiger partial charge in [0.15, 0.2) is 15.8 Å². The minimum absolute atomic E-state index is 0.238. The van der Waals surface area contributed by atoms with E-state index in [1.54, 1.807) is 14.2 Å².